The predicted octanol–water partition coefficient (Wildman–Crippen LogP) is 3.00. The minimum Gasteiger partial charge on any atom is -0.494 e. The van der Waals surface area contributed by atoms with Crippen LogP contribution < -0.4 is 10.5 Å². The Morgan fingerprint density at radius 2 is 2.19 bits per heavy atom. The lowest BCUT2D eigenvalue weighted by atomic mass is 10.1. The molecular weight excluding hydrogens is 200 g/mol. The van der Waals surface area contributed by atoms with Gasteiger partial charge in [-0.15, -0.1) is 0 Å². The van der Waals surface area contributed by atoms with Crippen molar-refractivity contribution in [2.24, 2.45) is 0 Å². The van der Waals surface area contributed by atoms with Crippen LogP contribution in [0.5, 0.6) is 5.75 Å². The largest absolute Gasteiger partial charge is 0.494 e. The second kappa shape index (κ2) is 4.84. The fourth-order valence-corrected chi connectivity index (χ4v) is 1.59. The van der Waals surface area contributed by atoms with Crippen molar-refractivity contribution in [3.05, 3.63) is 30.5 Å². The van der Waals surface area contributed by atoms with Crippen molar-refractivity contribution in [3.8, 4) is 5.75 Å². The minimum atomic E-state index is 0.554. The highest BCUT2D eigenvalue weighted by atomic mass is 16.5. The summed E-state index contributed by atoms with van der Waals surface area (Å²) in [5.41, 5.74) is 5.81. The zero-order valence-electron chi connectivity index (χ0n) is 9.44. The van der Waals surface area contributed by atoms with Gasteiger partial charge in [0, 0.05) is 11.6 Å². The van der Waals surface area contributed by atoms with E-state index in [0.717, 1.165) is 36.0 Å². The zero-order chi connectivity index (χ0) is 11.4. The first-order valence-corrected chi connectivity index (χ1v) is 5.58. The number of unbranched alkanes of at least 4 members (excludes halogenated alkanes) is 1. The Balaban J connectivity index is 2.25. The van der Waals surface area contributed by atoms with Crippen LogP contribution in [-0.4, -0.2) is 11.6 Å². The lowest BCUT2D eigenvalue weighted by Crippen LogP contribution is -1.97. The molecule has 2 N–H and O–H groups in total. The summed E-state index contributed by atoms with van der Waals surface area (Å²) in [5, 5.41) is 2.05. The van der Waals surface area contributed by atoms with Crippen molar-refractivity contribution in [3.63, 3.8) is 0 Å². The molecule has 0 aliphatic carbocycles. The van der Waals surface area contributed by atoms with Crippen LogP contribution in [0.1, 0.15) is 19.8 Å². The smallest absolute Gasteiger partial charge is 0.131 e. The highest BCUT2D eigenvalue weighted by molar-refractivity contribution is 5.91. The summed E-state index contributed by atoms with van der Waals surface area (Å²) in [5.74, 6) is 1.42. The molecule has 2 aromatic rings. The van der Waals surface area contributed by atoms with Crippen LogP contribution in [0.2, 0.25) is 0 Å². The summed E-state index contributed by atoms with van der Waals surface area (Å²) in [7, 11) is 0. The van der Waals surface area contributed by atoms with Crippen LogP contribution in [0.4, 0.5) is 5.82 Å². The number of pyridine rings is 1. The van der Waals surface area contributed by atoms with Gasteiger partial charge in [-0.25, -0.2) is 4.98 Å². The number of rotatable bonds is 4. The van der Waals surface area contributed by atoms with Gasteiger partial charge in [0.1, 0.15) is 11.6 Å². The second-order valence-electron chi connectivity index (χ2n) is 3.78. The van der Waals surface area contributed by atoms with E-state index in [-0.39, 0.29) is 0 Å². The van der Waals surface area contributed by atoms with Crippen molar-refractivity contribution in [1.29, 1.82) is 0 Å². The molecule has 3 heteroatoms. The molecule has 0 atom stereocenters. The number of anilines is 1. The summed E-state index contributed by atoms with van der Waals surface area (Å²) >= 11 is 0. The summed E-state index contributed by atoms with van der Waals surface area (Å²) in [4.78, 5) is 4.07. The molecule has 1 aromatic heterocycles. The van der Waals surface area contributed by atoms with Gasteiger partial charge in [-0.1, -0.05) is 19.4 Å². The van der Waals surface area contributed by atoms with Crippen molar-refractivity contribution >= 4 is 16.6 Å². The Labute approximate surface area is 95.2 Å². The summed E-state index contributed by atoms with van der Waals surface area (Å²) in [6.45, 7) is 2.90. The maximum Gasteiger partial charge on any atom is 0.131 e. The Hall–Kier alpha value is -1.77. The van der Waals surface area contributed by atoms with Crippen LogP contribution in [-0.2, 0) is 0 Å². The number of benzene rings is 1. The highest BCUT2D eigenvalue weighted by Crippen LogP contribution is 2.24. The number of fused-ring (bicyclic) bond motifs is 1. The highest BCUT2D eigenvalue weighted by Gasteiger charge is 2.00. The first-order valence-electron chi connectivity index (χ1n) is 5.58. The van der Waals surface area contributed by atoms with Crippen LogP contribution >= 0.6 is 0 Å². The third-order valence-electron chi connectivity index (χ3n) is 2.54. The van der Waals surface area contributed by atoms with E-state index in [1.807, 2.05) is 24.3 Å². The number of nitrogens with zero attached hydrogens (tertiary/aromatic N) is 1. The Bertz CT molecular complexity index is 482. The van der Waals surface area contributed by atoms with Crippen LogP contribution in [0, 0.1) is 0 Å². The molecule has 0 saturated heterocycles. The Morgan fingerprint density at radius 3 is 3.00 bits per heavy atom. The first-order chi connectivity index (χ1) is 7.81. The van der Waals surface area contributed by atoms with Gasteiger partial charge >= 0.3 is 0 Å². The first kappa shape index (κ1) is 10.7. The molecule has 1 aromatic carbocycles. The maximum absolute atomic E-state index is 5.81. The lowest BCUT2D eigenvalue weighted by molar-refractivity contribution is 0.310. The Kier molecular flexibility index (Phi) is 3.25. The van der Waals surface area contributed by atoms with Gasteiger partial charge in [0.2, 0.25) is 0 Å². The molecule has 0 amide bonds. The van der Waals surface area contributed by atoms with E-state index in [2.05, 4.69) is 11.9 Å². The van der Waals surface area contributed by atoms with Crippen molar-refractivity contribution < 1.29 is 4.74 Å². The van der Waals surface area contributed by atoms with E-state index in [4.69, 9.17) is 10.5 Å². The van der Waals surface area contributed by atoms with E-state index >= 15 is 0 Å². The number of nitrogens with two attached hydrogens (primary N) is 1. The average Bonchev–Trinajstić information content (AvgIpc) is 2.30. The molecule has 2 rings (SSSR count). The van der Waals surface area contributed by atoms with E-state index in [9.17, 15) is 0 Å². The summed E-state index contributed by atoms with van der Waals surface area (Å²) in [6, 6.07) is 7.88. The van der Waals surface area contributed by atoms with E-state index in [1.165, 1.54) is 0 Å². The fraction of sp³-hybridized carbons (Fsp3) is 0.308. The van der Waals surface area contributed by atoms with E-state index < -0.39 is 0 Å². The number of aromatic nitrogens is 1. The SMILES string of the molecule is CCCCOc1ccc2ccnc(N)c2c1. The van der Waals surface area contributed by atoms with Crippen molar-refractivity contribution in [1.82, 2.24) is 4.98 Å². The molecule has 1 heterocycles. The molecule has 0 radical (unpaired) electrons. The van der Waals surface area contributed by atoms with Gasteiger partial charge in [-0.2, -0.15) is 0 Å². The Morgan fingerprint density at radius 1 is 1.31 bits per heavy atom. The van der Waals surface area contributed by atoms with Gasteiger partial charge in [-0.05, 0) is 30.0 Å². The molecule has 16 heavy (non-hydrogen) atoms. The quantitative estimate of drug-likeness (QED) is 0.799. The van der Waals surface area contributed by atoms with Crippen LogP contribution in [0.15, 0.2) is 30.5 Å². The monoisotopic (exact) mass is 216 g/mol. The number of nitrogen functional groups attached to an aromatic ring is 1. The van der Waals surface area contributed by atoms with E-state index in [1.54, 1.807) is 6.20 Å². The van der Waals surface area contributed by atoms with Crippen LogP contribution in [0.25, 0.3) is 10.8 Å². The molecule has 0 fully saturated rings. The van der Waals surface area contributed by atoms with Gasteiger partial charge < -0.3 is 10.5 Å². The summed E-state index contributed by atoms with van der Waals surface area (Å²) < 4.78 is 5.63. The molecular formula is C13H16N2O. The fourth-order valence-electron chi connectivity index (χ4n) is 1.59. The standard InChI is InChI=1S/C13H16N2O/c1-2-3-8-16-11-5-4-10-6-7-15-13(14)12(10)9-11/h4-7,9H,2-3,8H2,1H3,(H2,14,15). The third kappa shape index (κ3) is 2.24. The van der Waals surface area contributed by atoms with Crippen molar-refractivity contribution in [2.75, 3.05) is 12.3 Å². The molecule has 0 aliphatic rings. The van der Waals surface area contributed by atoms with E-state index in [0.29, 0.717) is 5.82 Å². The number of hydrogen-bond donors (Lipinski definition) is 1. The van der Waals surface area contributed by atoms with Gasteiger partial charge in [0.15, 0.2) is 0 Å². The predicted molar refractivity (Wildman–Crippen MR) is 66.6 cm³/mol. The topological polar surface area (TPSA) is 48.1 Å². The average molecular weight is 216 g/mol. The van der Waals surface area contributed by atoms with Gasteiger partial charge in [0.25, 0.3) is 0 Å². The molecule has 0 saturated carbocycles. The second-order valence-corrected chi connectivity index (χ2v) is 3.78. The van der Waals surface area contributed by atoms with Crippen LogP contribution in [0.3, 0.4) is 0 Å². The molecule has 0 spiro atoms. The summed E-state index contributed by atoms with van der Waals surface area (Å²) in [6.07, 6.45) is 3.92. The molecule has 0 aliphatic heterocycles. The molecule has 3 nitrogen and oxygen atoms in total. The molecule has 0 bridgehead atoms. The number of ether oxygens (including phenoxy) is 1. The normalized spacial score (nSPS) is 10.6. The minimum absolute atomic E-state index is 0.554. The molecule has 84 valence electrons. The lowest BCUT2D eigenvalue weighted by Gasteiger charge is -2.07. The molecule has 0 unspecified atom stereocenters. The number of hydrogen-bond acceptors (Lipinski definition) is 3. The zero-order valence-corrected chi connectivity index (χ0v) is 9.44. The maximum atomic E-state index is 5.81. The van der Waals surface area contributed by atoms with Crippen molar-refractivity contribution in [2.45, 2.75) is 19.8 Å². The third-order valence-corrected chi connectivity index (χ3v) is 2.54. The van der Waals surface area contributed by atoms with Gasteiger partial charge in [-0.3, -0.25) is 0 Å². The van der Waals surface area contributed by atoms with Gasteiger partial charge in [0.05, 0.1) is 6.61 Å².